The van der Waals surface area contributed by atoms with Gasteiger partial charge in [-0.15, -0.1) is 0 Å². The lowest BCUT2D eigenvalue weighted by Gasteiger charge is -2.32. The molecule has 4 aromatic rings. The van der Waals surface area contributed by atoms with Gasteiger partial charge in [-0.05, 0) is 72.6 Å². The van der Waals surface area contributed by atoms with E-state index in [0.29, 0.717) is 23.4 Å². The maximum absolute atomic E-state index is 13.7. The Morgan fingerprint density at radius 1 is 1.05 bits per heavy atom. The molecule has 0 atom stereocenters. The highest BCUT2D eigenvalue weighted by Crippen LogP contribution is 2.30. The lowest BCUT2D eigenvalue weighted by Crippen LogP contribution is -2.44. The van der Waals surface area contributed by atoms with Gasteiger partial charge in [0.2, 0.25) is 5.95 Å². The monoisotopic (exact) mass is 516 g/mol. The van der Waals surface area contributed by atoms with Crippen LogP contribution in [-0.4, -0.2) is 58.9 Å². The maximum atomic E-state index is 13.7. The Morgan fingerprint density at radius 3 is 2.61 bits per heavy atom. The molecule has 0 bridgehead atoms. The number of nitrogens with one attached hydrogen (secondary N) is 1. The van der Waals surface area contributed by atoms with Gasteiger partial charge in [-0.3, -0.25) is 9.69 Å². The highest BCUT2D eigenvalue weighted by Gasteiger charge is 2.20. The van der Waals surface area contributed by atoms with Crippen molar-refractivity contribution in [1.82, 2.24) is 19.8 Å². The Bertz CT molecular complexity index is 1480. The van der Waals surface area contributed by atoms with Crippen LogP contribution in [0.2, 0.25) is 0 Å². The number of benzene rings is 3. The van der Waals surface area contributed by atoms with Crippen LogP contribution in [0.5, 0.6) is 0 Å². The normalized spacial score (nSPS) is 14.8. The van der Waals surface area contributed by atoms with Gasteiger partial charge in [0.05, 0.1) is 5.52 Å². The van der Waals surface area contributed by atoms with Crippen LogP contribution in [-0.2, 0) is 6.54 Å². The fourth-order valence-corrected chi connectivity index (χ4v) is 4.77. The standard InChI is InChI=1S/C29H30F2N6O/c1-18-3-6-23(15-25(18)19-5-8-26-21(13-19)16-33-29(32)35-26)34-28(38)20-4-7-24(27(30)31)22(14-20)17-37-11-9-36(2)10-12-37/h3-8,13-16,27H,9-12,17H2,1-2H3,(H,34,38)(H2,32,33,35). The van der Waals surface area contributed by atoms with Gasteiger partial charge < -0.3 is 16.0 Å². The van der Waals surface area contributed by atoms with Crippen molar-refractivity contribution in [2.75, 3.05) is 44.3 Å². The minimum atomic E-state index is -2.60. The summed E-state index contributed by atoms with van der Waals surface area (Å²) in [5.74, 6) is -0.123. The smallest absolute Gasteiger partial charge is 0.264 e. The molecule has 1 amide bonds. The number of likely N-dealkylation sites (N-methyl/N-ethyl adjacent to an activating group) is 1. The van der Waals surface area contributed by atoms with Crippen molar-refractivity contribution >= 4 is 28.4 Å². The second kappa shape index (κ2) is 10.8. The van der Waals surface area contributed by atoms with Crippen molar-refractivity contribution in [3.8, 4) is 11.1 Å². The number of aromatic nitrogens is 2. The number of hydrogen-bond acceptors (Lipinski definition) is 6. The quantitative estimate of drug-likeness (QED) is 0.370. The van der Waals surface area contributed by atoms with E-state index < -0.39 is 6.43 Å². The van der Waals surface area contributed by atoms with Crippen LogP contribution in [0.15, 0.2) is 60.8 Å². The third kappa shape index (κ3) is 5.64. The number of piperazine rings is 1. The maximum Gasteiger partial charge on any atom is 0.264 e. The van der Waals surface area contributed by atoms with E-state index in [-0.39, 0.29) is 17.4 Å². The van der Waals surface area contributed by atoms with Crippen LogP contribution in [0.25, 0.3) is 22.0 Å². The molecule has 0 radical (unpaired) electrons. The van der Waals surface area contributed by atoms with E-state index >= 15 is 0 Å². The molecule has 1 aliphatic rings. The molecule has 0 aliphatic carbocycles. The Labute approximate surface area is 220 Å². The summed E-state index contributed by atoms with van der Waals surface area (Å²) >= 11 is 0. The van der Waals surface area contributed by atoms with Crippen molar-refractivity contribution in [3.05, 3.63) is 83.0 Å². The highest BCUT2D eigenvalue weighted by atomic mass is 19.3. The van der Waals surface area contributed by atoms with Crippen LogP contribution in [0.1, 0.15) is 33.5 Å². The highest BCUT2D eigenvalue weighted by molar-refractivity contribution is 6.04. The van der Waals surface area contributed by atoms with Gasteiger partial charge in [0.15, 0.2) is 0 Å². The lowest BCUT2D eigenvalue weighted by atomic mass is 9.98. The molecule has 9 heteroatoms. The predicted octanol–water partition coefficient (Wildman–Crippen LogP) is 5.12. The zero-order valence-corrected chi connectivity index (χ0v) is 21.4. The van der Waals surface area contributed by atoms with Crippen molar-refractivity contribution in [2.45, 2.75) is 19.9 Å². The molecule has 3 N–H and O–H groups in total. The molecule has 7 nitrogen and oxygen atoms in total. The van der Waals surface area contributed by atoms with E-state index in [1.807, 2.05) is 50.4 Å². The minimum Gasteiger partial charge on any atom is -0.368 e. The second-order valence-corrected chi connectivity index (χ2v) is 9.78. The fraction of sp³-hybridized carbons (Fsp3) is 0.276. The molecule has 0 spiro atoms. The number of carbonyl (C=O) groups excluding carboxylic acids is 1. The summed E-state index contributed by atoms with van der Waals surface area (Å²) in [4.78, 5) is 25.9. The third-order valence-electron chi connectivity index (χ3n) is 7.03. The lowest BCUT2D eigenvalue weighted by molar-refractivity contribution is 0.102. The molecule has 38 heavy (non-hydrogen) atoms. The third-order valence-corrected chi connectivity index (χ3v) is 7.03. The number of nitrogens with two attached hydrogens (primary N) is 1. The second-order valence-electron chi connectivity index (χ2n) is 9.78. The molecule has 5 rings (SSSR count). The average molecular weight is 517 g/mol. The number of fused-ring (bicyclic) bond motifs is 1. The number of anilines is 2. The van der Waals surface area contributed by atoms with E-state index in [4.69, 9.17) is 5.73 Å². The van der Waals surface area contributed by atoms with Crippen LogP contribution in [0.3, 0.4) is 0 Å². The van der Waals surface area contributed by atoms with Gasteiger partial charge in [-0.2, -0.15) is 0 Å². The number of hydrogen-bond donors (Lipinski definition) is 2. The Balaban J connectivity index is 1.38. The van der Waals surface area contributed by atoms with Crippen LogP contribution >= 0.6 is 0 Å². The first kappa shape index (κ1) is 25.7. The minimum absolute atomic E-state index is 0.0276. The Kier molecular flexibility index (Phi) is 7.31. The van der Waals surface area contributed by atoms with Gasteiger partial charge >= 0.3 is 0 Å². The van der Waals surface area contributed by atoms with Crippen molar-refractivity contribution < 1.29 is 13.6 Å². The number of carbonyl (C=O) groups is 1. The van der Waals surface area contributed by atoms with E-state index in [0.717, 1.165) is 53.8 Å². The van der Waals surface area contributed by atoms with Gasteiger partial charge in [-0.25, -0.2) is 18.7 Å². The zero-order chi connectivity index (χ0) is 26.8. The topological polar surface area (TPSA) is 87.4 Å². The van der Waals surface area contributed by atoms with Gasteiger partial charge in [0, 0.05) is 61.1 Å². The van der Waals surface area contributed by atoms with E-state index in [9.17, 15) is 13.6 Å². The average Bonchev–Trinajstić information content (AvgIpc) is 2.90. The first-order chi connectivity index (χ1) is 18.3. The number of nitrogen functional groups attached to an aromatic ring is 1. The fourth-order valence-electron chi connectivity index (χ4n) is 4.77. The van der Waals surface area contributed by atoms with E-state index in [1.165, 1.54) is 12.1 Å². The van der Waals surface area contributed by atoms with Gasteiger partial charge in [0.25, 0.3) is 12.3 Å². The van der Waals surface area contributed by atoms with Crippen molar-refractivity contribution in [2.24, 2.45) is 0 Å². The molecule has 0 saturated carbocycles. The number of halogens is 2. The van der Waals surface area contributed by atoms with Gasteiger partial charge in [-0.1, -0.05) is 18.2 Å². The summed E-state index contributed by atoms with van der Waals surface area (Å²) in [5.41, 5.74) is 10.8. The summed E-state index contributed by atoms with van der Waals surface area (Å²) in [6.07, 6.45) is -0.914. The molecular formula is C29H30F2N6O. The first-order valence-electron chi connectivity index (χ1n) is 12.5. The number of rotatable bonds is 6. The zero-order valence-electron chi connectivity index (χ0n) is 21.4. The summed E-state index contributed by atoms with van der Waals surface area (Å²) in [5, 5.41) is 3.80. The summed E-state index contributed by atoms with van der Waals surface area (Å²) in [6.45, 7) is 5.77. The molecule has 196 valence electrons. The van der Waals surface area contributed by atoms with Crippen LogP contribution in [0.4, 0.5) is 20.4 Å². The van der Waals surface area contributed by atoms with Crippen LogP contribution in [0, 0.1) is 6.92 Å². The molecule has 1 aromatic heterocycles. The molecule has 1 saturated heterocycles. The number of aryl methyl sites for hydroxylation is 1. The molecular weight excluding hydrogens is 486 g/mol. The Morgan fingerprint density at radius 2 is 1.84 bits per heavy atom. The first-order valence-corrected chi connectivity index (χ1v) is 12.5. The van der Waals surface area contributed by atoms with E-state index in [2.05, 4.69) is 25.1 Å². The van der Waals surface area contributed by atoms with E-state index in [1.54, 1.807) is 12.3 Å². The largest absolute Gasteiger partial charge is 0.368 e. The van der Waals surface area contributed by atoms with Crippen molar-refractivity contribution in [1.29, 1.82) is 0 Å². The predicted molar refractivity (Wildman–Crippen MR) is 146 cm³/mol. The summed E-state index contributed by atoms with van der Waals surface area (Å²) in [7, 11) is 2.05. The number of alkyl halides is 2. The SMILES string of the molecule is Cc1ccc(NC(=O)c2ccc(C(F)F)c(CN3CCN(C)CC3)c2)cc1-c1ccc2nc(N)ncc2c1. The van der Waals surface area contributed by atoms with Crippen molar-refractivity contribution in [3.63, 3.8) is 0 Å². The summed E-state index contributed by atoms with van der Waals surface area (Å²) < 4.78 is 27.5. The molecule has 2 heterocycles. The summed E-state index contributed by atoms with van der Waals surface area (Å²) in [6, 6.07) is 15.9. The molecule has 1 fully saturated rings. The molecule has 3 aromatic carbocycles. The number of nitrogens with zero attached hydrogens (tertiary/aromatic N) is 4. The Hall–Kier alpha value is -3.95. The molecule has 0 unspecified atom stereocenters. The molecule has 1 aliphatic heterocycles. The van der Waals surface area contributed by atoms with Crippen LogP contribution < -0.4 is 11.1 Å². The van der Waals surface area contributed by atoms with Gasteiger partial charge in [0.1, 0.15) is 0 Å². The number of amides is 1.